The van der Waals surface area contributed by atoms with Crippen LogP contribution in [0.1, 0.15) is 6.42 Å². The van der Waals surface area contributed by atoms with Crippen molar-refractivity contribution in [2.24, 2.45) is 0 Å². The Hall–Kier alpha value is -1.00. The molecule has 62 valence electrons. The summed E-state index contributed by atoms with van der Waals surface area (Å²) in [6, 6.07) is 0. The van der Waals surface area contributed by atoms with E-state index in [0.29, 0.717) is 0 Å². The zero-order valence-electron chi connectivity index (χ0n) is 5.73. The van der Waals surface area contributed by atoms with Crippen LogP contribution in [0, 0.1) is 0 Å². The van der Waals surface area contributed by atoms with Crippen molar-refractivity contribution in [1.29, 1.82) is 0 Å². The molecule has 1 rings (SSSR count). The van der Waals surface area contributed by atoms with Crippen molar-refractivity contribution in [3.05, 3.63) is 18.7 Å². The van der Waals surface area contributed by atoms with Crippen molar-refractivity contribution in [2.45, 2.75) is 19.1 Å². The van der Waals surface area contributed by atoms with Gasteiger partial charge in [-0.15, -0.1) is 0 Å². The number of hydrogen-bond donors (Lipinski definition) is 1. The minimum absolute atomic E-state index is 0.0208. The van der Waals surface area contributed by atoms with Crippen LogP contribution in [0.2, 0.25) is 0 Å². The molecule has 0 fully saturated rings. The first-order chi connectivity index (χ1) is 5.08. The number of imidazole rings is 1. The van der Waals surface area contributed by atoms with Gasteiger partial charge in [-0.1, -0.05) is 0 Å². The minimum Gasteiger partial charge on any atom is -0.250 e. The molecule has 0 aliphatic carbocycles. The number of nitrogens with zero attached hydrogens (tertiary/aromatic N) is 1. The van der Waals surface area contributed by atoms with Gasteiger partial charge in [0.2, 0.25) is 6.33 Å². The van der Waals surface area contributed by atoms with Crippen molar-refractivity contribution in [2.75, 3.05) is 0 Å². The normalized spacial score (nSPS) is 11.9. The van der Waals surface area contributed by atoms with Gasteiger partial charge in [0.05, 0.1) is 13.0 Å². The van der Waals surface area contributed by atoms with Crippen molar-refractivity contribution in [3.8, 4) is 0 Å². The van der Waals surface area contributed by atoms with Crippen molar-refractivity contribution in [3.63, 3.8) is 0 Å². The number of aryl methyl sites for hydroxylation is 1. The molecule has 1 heterocycles. The lowest BCUT2D eigenvalue weighted by atomic mass is 10.4. The molecule has 0 aromatic carbocycles. The van der Waals surface area contributed by atoms with E-state index in [9.17, 15) is 13.2 Å². The number of H-pyrrole nitrogens is 1. The first-order valence-corrected chi connectivity index (χ1v) is 3.16. The quantitative estimate of drug-likeness (QED) is 0.636. The summed E-state index contributed by atoms with van der Waals surface area (Å²) < 4.78 is 36.3. The van der Waals surface area contributed by atoms with Gasteiger partial charge in [-0.2, -0.15) is 13.2 Å². The molecule has 0 saturated carbocycles. The molecule has 1 N–H and O–H groups in total. The number of aromatic nitrogens is 2. The van der Waals surface area contributed by atoms with Crippen LogP contribution in [0.25, 0.3) is 0 Å². The Balaban J connectivity index is 2.35. The van der Waals surface area contributed by atoms with E-state index in [-0.39, 0.29) is 6.54 Å². The molecule has 0 unspecified atom stereocenters. The Morgan fingerprint density at radius 2 is 2.09 bits per heavy atom. The van der Waals surface area contributed by atoms with Crippen molar-refractivity contribution in [1.82, 2.24) is 4.98 Å². The van der Waals surface area contributed by atoms with Crippen LogP contribution in [-0.2, 0) is 6.54 Å². The average Bonchev–Trinajstić information content (AvgIpc) is 2.32. The lowest BCUT2D eigenvalue weighted by molar-refractivity contribution is -0.698. The maximum atomic E-state index is 11.6. The lowest BCUT2D eigenvalue weighted by Crippen LogP contribution is -2.33. The lowest BCUT2D eigenvalue weighted by Gasteiger charge is -2.02. The molecule has 0 bridgehead atoms. The van der Waals surface area contributed by atoms with Gasteiger partial charge < -0.3 is 0 Å². The maximum absolute atomic E-state index is 11.6. The predicted molar refractivity (Wildman–Crippen MR) is 31.7 cm³/mol. The number of rotatable bonds is 2. The third-order valence-corrected chi connectivity index (χ3v) is 1.26. The number of alkyl halides is 3. The third-order valence-electron chi connectivity index (χ3n) is 1.26. The number of halogens is 3. The highest BCUT2D eigenvalue weighted by Gasteiger charge is 2.27. The fraction of sp³-hybridized carbons (Fsp3) is 0.500. The molecule has 0 atom stereocenters. The van der Waals surface area contributed by atoms with Crippen LogP contribution in [0.15, 0.2) is 18.7 Å². The molecular formula is C6H8F3N2+. The minimum atomic E-state index is -4.07. The van der Waals surface area contributed by atoms with Crippen LogP contribution in [0.3, 0.4) is 0 Å². The number of aromatic amines is 1. The molecule has 0 amide bonds. The second-order valence-electron chi connectivity index (χ2n) is 2.21. The molecule has 1 aromatic heterocycles. The topological polar surface area (TPSA) is 19.7 Å². The summed E-state index contributed by atoms with van der Waals surface area (Å²) in [5.74, 6) is 0. The average molecular weight is 165 g/mol. The second kappa shape index (κ2) is 2.94. The molecule has 0 saturated heterocycles. The van der Waals surface area contributed by atoms with Crippen molar-refractivity contribution >= 4 is 0 Å². The molecule has 0 aliphatic heterocycles. The summed E-state index contributed by atoms with van der Waals surface area (Å²) >= 11 is 0. The van der Waals surface area contributed by atoms with E-state index in [2.05, 4.69) is 4.98 Å². The third kappa shape index (κ3) is 3.06. The fourth-order valence-electron chi connectivity index (χ4n) is 0.716. The summed E-state index contributed by atoms with van der Waals surface area (Å²) in [7, 11) is 0. The fourth-order valence-corrected chi connectivity index (χ4v) is 0.716. The number of hydrogen-bond acceptors (Lipinski definition) is 0. The highest BCUT2D eigenvalue weighted by molar-refractivity contribution is 4.56. The van der Waals surface area contributed by atoms with E-state index in [1.54, 1.807) is 12.4 Å². The van der Waals surface area contributed by atoms with Gasteiger partial charge >= 0.3 is 6.18 Å². The Bertz CT molecular complexity index is 202. The Kier molecular flexibility index (Phi) is 2.16. The SMILES string of the molecule is FC(F)(F)CC[n+]1cc[nH]c1. The summed E-state index contributed by atoms with van der Waals surface area (Å²) in [5, 5.41) is 0. The summed E-state index contributed by atoms with van der Waals surface area (Å²) in [4.78, 5) is 2.66. The molecular weight excluding hydrogens is 157 g/mol. The first kappa shape index (κ1) is 8.10. The monoisotopic (exact) mass is 165 g/mol. The molecule has 1 aromatic rings. The van der Waals surface area contributed by atoms with Gasteiger partial charge in [-0.3, -0.25) is 4.98 Å². The standard InChI is InChI=1S/C6H7F3N2/c7-6(8,9)1-3-11-4-2-10-5-11/h2,4-5H,1,3H2/p+1. The predicted octanol–water partition coefficient (Wildman–Crippen LogP) is 1.25. The molecule has 5 heteroatoms. The van der Waals surface area contributed by atoms with Gasteiger partial charge in [-0.05, 0) is 0 Å². The Morgan fingerprint density at radius 3 is 2.55 bits per heavy atom. The zero-order chi connectivity index (χ0) is 8.32. The van der Waals surface area contributed by atoms with Gasteiger partial charge in [-0.25, -0.2) is 4.57 Å². The molecule has 0 spiro atoms. The Labute approximate surface area is 61.7 Å². The largest absolute Gasteiger partial charge is 0.392 e. The van der Waals surface area contributed by atoms with Crippen LogP contribution in [0.4, 0.5) is 13.2 Å². The van der Waals surface area contributed by atoms with E-state index in [1.165, 1.54) is 10.9 Å². The highest BCUT2D eigenvalue weighted by atomic mass is 19.4. The number of nitrogens with one attached hydrogen (secondary N) is 1. The van der Waals surface area contributed by atoms with Crippen molar-refractivity contribution < 1.29 is 17.7 Å². The smallest absolute Gasteiger partial charge is 0.250 e. The van der Waals surface area contributed by atoms with E-state index in [4.69, 9.17) is 0 Å². The van der Waals surface area contributed by atoms with Crippen LogP contribution < -0.4 is 4.57 Å². The van der Waals surface area contributed by atoms with Gasteiger partial charge in [0, 0.05) is 0 Å². The van der Waals surface area contributed by atoms with E-state index < -0.39 is 12.6 Å². The van der Waals surface area contributed by atoms with E-state index in [1.807, 2.05) is 0 Å². The van der Waals surface area contributed by atoms with Crippen LogP contribution in [-0.4, -0.2) is 11.2 Å². The molecule has 0 radical (unpaired) electrons. The highest BCUT2D eigenvalue weighted by Crippen LogP contribution is 2.18. The zero-order valence-corrected chi connectivity index (χ0v) is 5.73. The Morgan fingerprint density at radius 1 is 1.36 bits per heavy atom. The summed E-state index contributed by atoms with van der Waals surface area (Å²) in [6.45, 7) is -0.0208. The molecule has 2 nitrogen and oxygen atoms in total. The van der Waals surface area contributed by atoms with Crippen LogP contribution in [0.5, 0.6) is 0 Å². The van der Waals surface area contributed by atoms with E-state index in [0.717, 1.165) is 0 Å². The summed E-state index contributed by atoms with van der Waals surface area (Å²) in [6.07, 6.45) is -0.215. The van der Waals surface area contributed by atoms with Gasteiger partial charge in [0.25, 0.3) is 0 Å². The first-order valence-electron chi connectivity index (χ1n) is 3.16. The molecule has 11 heavy (non-hydrogen) atoms. The van der Waals surface area contributed by atoms with E-state index >= 15 is 0 Å². The van der Waals surface area contributed by atoms with Gasteiger partial charge in [0.1, 0.15) is 12.4 Å². The molecule has 0 aliphatic rings. The second-order valence-corrected chi connectivity index (χ2v) is 2.21. The summed E-state index contributed by atoms with van der Waals surface area (Å²) in [5.41, 5.74) is 0. The van der Waals surface area contributed by atoms with Gasteiger partial charge in [0.15, 0.2) is 0 Å². The maximum Gasteiger partial charge on any atom is 0.392 e. The van der Waals surface area contributed by atoms with Crippen LogP contribution >= 0.6 is 0 Å².